The zero-order chi connectivity index (χ0) is 17.8. The minimum atomic E-state index is -0.701. The zero-order valence-corrected chi connectivity index (χ0v) is 15.4. The van der Waals surface area contributed by atoms with Crippen LogP contribution in [0.5, 0.6) is 0 Å². The van der Waals surface area contributed by atoms with E-state index in [1.165, 1.54) is 0 Å². The van der Waals surface area contributed by atoms with Gasteiger partial charge in [-0.25, -0.2) is 4.79 Å². The Balaban J connectivity index is 2.90. The molecule has 1 amide bonds. The number of hydrogen-bond donors (Lipinski definition) is 0. The topological polar surface area (TPSA) is 87.5 Å². The maximum Gasteiger partial charge on any atom is 0.412 e. The van der Waals surface area contributed by atoms with Crippen LogP contribution in [0.1, 0.15) is 54.9 Å². The predicted molar refractivity (Wildman–Crippen MR) is 88.9 cm³/mol. The van der Waals surface area contributed by atoms with Gasteiger partial charge in [0.15, 0.2) is 0 Å². The number of amides is 1. The Morgan fingerprint density at radius 2 is 2.09 bits per heavy atom. The highest BCUT2D eigenvalue weighted by Crippen LogP contribution is 2.33. The maximum atomic E-state index is 12.6. The smallest absolute Gasteiger partial charge is 0.412 e. The summed E-state index contributed by atoms with van der Waals surface area (Å²) in [5, 5.41) is 3.71. The first kappa shape index (κ1) is 19.6. The monoisotopic (exact) mass is 326 g/mol. The highest BCUT2D eigenvalue weighted by Gasteiger charge is 2.46. The number of carbonyl (C=O) groups excluding carboxylic acids is 1. The van der Waals surface area contributed by atoms with Crippen molar-refractivity contribution in [2.24, 2.45) is 17.0 Å². The highest BCUT2D eigenvalue weighted by molar-refractivity contribution is 5.69. The number of ether oxygens (including phenoxy) is 2. The Hall–Kier alpha value is -1.46. The van der Waals surface area contributed by atoms with Gasteiger partial charge in [0.05, 0.1) is 12.6 Å². The molecular weight excluding hydrogens is 296 g/mol. The molecule has 0 aromatic carbocycles. The van der Waals surface area contributed by atoms with Crippen LogP contribution >= 0.6 is 0 Å². The average molecular weight is 326 g/mol. The third-order valence-electron chi connectivity index (χ3n) is 4.06. The van der Waals surface area contributed by atoms with Crippen molar-refractivity contribution < 1.29 is 14.3 Å². The minimum Gasteiger partial charge on any atom is -0.444 e. The third kappa shape index (κ3) is 5.59. The van der Waals surface area contributed by atoms with Gasteiger partial charge in [-0.1, -0.05) is 19.0 Å². The van der Waals surface area contributed by atoms with E-state index in [-0.39, 0.29) is 18.1 Å². The summed E-state index contributed by atoms with van der Waals surface area (Å²) in [7, 11) is 0. The lowest BCUT2D eigenvalue weighted by atomic mass is 9.89. The van der Waals surface area contributed by atoms with Gasteiger partial charge in [0, 0.05) is 11.5 Å². The summed E-state index contributed by atoms with van der Waals surface area (Å²) in [5.74, 6) is 0.544. The fraction of sp³-hybridized carbons (Fsp3) is 0.938. The van der Waals surface area contributed by atoms with Crippen molar-refractivity contribution >= 4 is 6.09 Å². The van der Waals surface area contributed by atoms with Crippen LogP contribution in [0.3, 0.4) is 0 Å². The molecule has 0 N–H and O–H groups in total. The molecule has 23 heavy (non-hydrogen) atoms. The molecule has 0 saturated carbocycles. The van der Waals surface area contributed by atoms with Gasteiger partial charge < -0.3 is 9.47 Å². The summed E-state index contributed by atoms with van der Waals surface area (Å²) < 4.78 is 11.3. The van der Waals surface area contributed by atoms with E-state index in [0.717, 1.165) is 6.42 Å². The number of azide groups is 1. The van der Waals surface area contributed by atoms with Gasteiger partial charge in [0.1, 0.15) is 11.3 Å². The molecule has 0 aromatic rings. The summed E-state index contributed by atoms with van der Waals surface area (Å²) in [6.45, 7) is 14.4. The normalized spacial score (nSPS) is 21.9. The molecule has 132 valence electrons. The van der Waals surface area contributed by atoms with E-state index in [4.69, 9.17) is 15.0 Å². The van der Waals surface area contributed by atoms with Gasteiger partial charge in [0.25, 0.3) is 0 Å². The van der Waals surface area contributed by atoms with E-state index in [2.05, 4.69) is 23.9 Å². The molecule has 0 aliphatic carbocycles. The van der Waals surface area contributed by atoms with E-state index >= 15 is 0 Å². The standard InChI is InChI=1S/C16H30N4O3/c1-11(2)12(9-18-19-17)8-13-10-22-16(6,7)20(13)14(21)23-15(3,4)5/h11-13H,8-10H2,1-7H3/t12-,13+/m1/s1. The molecule has 7 heteroatoms. The molecule has 0 aromatic heterocycles. The van der Waals surface area contributed by atoms with Crippen molar-refractivity contribution in [2.75, 3.05) is 13.2 Å². The third-order valence-corrected chi connectivity index (χ3v) is 4.06. The molecule has 1 rings (SSSR count). The van der Waals surface area contributed by atoms with Crippen LogP contribution in [0.2, 0.25) is 0 Å². The fourth-order valence-corrected chi connectivity index (χ4v) is 2.79. The summed E-state index contributed by atoms with van der Waals surface area (Å²) in [6.07, 6.45) is 0.357. The zero-order valence-electron chi connectivity index (χ0n) is 15.4. The maximum absolute atomic E-state index is 12.6. The second kappa shape index (κ2) is 7.41. The molecule has 1 fully saturated rings. The van der Waals surface area contributed by atoms with Crippen LogP contribution in [0, 0.1) is 11.8 Å². The van der Waals surface area contributed by atoms with Crippen LogP contribution in [-0.4, -0.2) is 41.5 Å². The van der Waals surface area contributed by atoms with Crippen molar-refractivity contribution in [3.8, 4) is 0 Å². The summed E-state index contributed by atoms with van der Waals surface area (Å²) in [6, 6.07) is -0.0823. The Labute approximate surface area is 138 Å². The van der Waals surface area contributed by atoms with E-state index in [1.54, 1.807) is 4.90 Å². The Morgan fingerprint density at radius 3 is 2.57 bits per heavy atom. The van der Waals surface area contributed by atoms with E-state index in [1.807, 2.05) is 34.6 Å². The number of hydrogen-bond acceptors (Lipinski definition) is 4. The first-order chi connectivity index (χ1) is 10.5. The average Bonchev–Trinajstić information content (AvgIpc) is 2.67. The highest BCUT2D eigenvalue weighted by atomic mass is 16.6. The molecule has 0 radical (unpaired) electrons. The van der Waals surface area contributed by atoms with Crippen LogP contribution < -0.4 is 0 Å². The van der Waals surface area contributed by atoms with Crippen molar-refractivity contribution in [3.05, 3.63) is 10.4 Å². The molecule has 1 saturated heterocycles. The fourth-order valence-electron chi connectivity index (χ4n) is 2.79. The van der Waals surface area contributed by atoms with Crippen LogP contribution in [0.25, 0.3) is 10.4 Å². The SMILES string of the molecule is CC(C)[C@@H](CN=[N+]=[N-])C[C@H]1COC(C)(C)N1C(=O)OC(C)(C)C. The lowest BCUT2D eigenvalue weighted by molar-refractivity contribution is -0.0632. The van der Waals surface area contributed by atoms with Crippen LogP contribution in [0.4, 0.5) is 4.79 Å². The molecule has 1 heterocycles. The second-order valence-corrected chi connectivity index (χ2v) is 7.92. The van der Waals surface area contributed by atoms with E-state index < -0.39 is 11.3 Å². The van der Waals surface area contributed by atoms with Gasteiger partial charge in [-0.05, 0) is 58.4 Å². The first-order valence-corrected chi connectivity index (χ1v) is 8.15. The molecule has 1 aliphatic heterocycles. The molecule has 2 atom stereocenters. The number of rotatable bonds is 5. The van der Waals surface area contributed by atoms with Crippen LogP contribution in [0.15, 0.2) is 5.11 Å². The Morgan fingerprint density at radius 1 is 1.48 bits per heavy atom. The summed E-state index contributed by atoms with van der Waals surface area (Å²) >= 11 is 0. The van der Waals surface area contributed by atoms with Gasteiger partial charge in [-0.3, -0.25) is 4.90 Å². The Bertz CT molecular complexity index is 464. The van der Waals surface area contributed by atoms with Gasteiger partial charge in [0.2, 0.25) is 0 Å². The van der Waals surface area contributed by atoms with Crippen molar-refractivity contribution in [1.82, 2.24) is 4.90 Å². The molecular formula is C16H30N4O3. The number of carbonyl (C=O) groups is 1. The lowest BCUT2D eigenvalue weighted by Crippen LogP contribution is -2.50. The molecule has 7 nitrogen and oxygen atoms in total. The molecule has 0 unspecified atom stereocenters. The number of nitrogens with zero attached hydrogens (tertiary/aromatic N) is 4. The van der Waals surface area contributed by atoms with Gasteiger partial charge in [-0.2, -0.15) is 0 Å². The molecule has 1 aliphatic rings. The van der Waals surface area contributed by atoms with Crippen molar-refractivity contribution in [2.45, 2.75) is 72.3 Å². The van der Waals surface area contributed by atoms with E-state index in [0.29, 0.717) is 19.1 Å². The Kier molecular flexibility index (Phi) is 6.31. The largest absolute Gasteiger partial charge is 0.444 e. The van der Waals surface area contributed by atoms with Crippen molar-refractivity contribution in [1.29, 1.82) is 0 Å². The van der Waals surface area contributed by atoms with Crippen molar-refractivity contribution in [3.63, 3.8) is 0 Å². The van der Waals surface area contributed by atoms with Gasteiger partial charge in [-0.15, -0.1) is 0 Å². The van der Waals surface area contributed by atoms with Gasteiger partial charge >= 0.3 is 6.09 Å². The quantitative estimate of drug-likeness (QED) is 0.428. The second-order valence-electron chi connectivity index (χ2n) is 7.92. The lowest BCUT2D eigenvalue weighted by Gasteiger charge is -2.36. The molecule has 0 spiro atoms. The minimum absolute atomic E-state index is 0.0823. The first-order valence-electron chi connectivity index (χ1n) is 8.15. The predicted octanol–water partition coefficient (Wildman–Crippen LogP) is 4.33. The summed E-state index contributed by atoms with van der Waals surface area (Å²) in [4.78, 5) is 17.1. The molecule has 0 bridgehead atoms. The summed E-state index contributed by atoms with van der Waals surface area (Å²) in [5.41, 5.74) is 7.30. The van der Waals surface area contributed by atoms with E-state index in [9.17, 15) is 4.79 Å². The van der Waals surface area contributed by atoms with Crippen LogP contribution in [-0.2, 0) is 9.47 Å².